The topological polar surface area (TPSA) is 17.1 Å². The average Bonchev–Trinajstić information content (AvgIpc) is 2.36. The van der Waals surface area contributed by atoms with Crippen molar-refractivity contribution in [1.82, 2.24) is 0 Å². The first-order valence-electron chi connectivity index (χ1n) is 4.32. The monoisotopic (exact) mass is 152 g/mol. The van der Waals surface area contributed by atoms with Crippen molar-refractivity contribution in [3.05, 3.63) is 12.7 Å². The van der Waals surface area contributed by atoms with Gasteiger partial charge in [-0.3, -0.25) is 4.79 Å². The Hall–Kier alpha value is -0.590. The van der Waals surface area contributed by atoms with Crippen molar-refractivity contribution in [2.45, 2.75) is 39.0 Å². The summed E-state index contributed by atoms with van der Waals surface area (Å²) in [6, 6.07) is 0. The highest BCUT2D eigenvalue weighted by atomic mass is 16.1. The Bertz CT molecular complexity index is 164. The second kappa shape index (κ2) is 3.21. The second-order valence-corrected chi connectivity index (χ2v) is 3.86. The van der Waals surface area contributed by atoms with Gasteiger partial charge in [0.15, 0.2) is 5.78 Å². The van der Waals surface area contributed by atoms with Crippen LogP contribution in [0.1, 0.15) is 39.0 Å². The Morgan fingerprint density at radius 3 is 2.55 bits per heavy atom. The average molecular weight is 152 g/mol. The Morgan fingerprint density at radius 2 is 2.09 bits per heavy atom. The lowest BCUT2D eigenvalue weighted by atomic mass is 9.83. The highest BCUT2D eigenvalue weighted by Gasteiger charge is 2.29. The normalized spacial score (nSPS) is 21.5. The molecule has 0 heterocycles. The van der Waals surface area contributed by atoms with E-state index in [1.807, 2.05) is 0 Å². The van der Waals surface area contributed by atoms with Gasteiger partial charge in [-0.2, -0.15) is 0 Å². The van der Waals surface area contributed by atoms with Gasteiger partial charge in [-0.1, -0.05) is 26.3 Å². The molecule has 0 aromatic rings. The molecule has 11 heavy (non-hydrogen) atoms. The molecule has 0 spiro atoms. The maximum atomic E-state index is 11.1. The quantitative estimate of drug-likeness (QED) is 0.568. The second-order valence-electron chi connectivity index (χ2n) is 3.86. The fourth-order valence-corrected chi connectivity index (χ4v) is 1.90. The van der Waals surface area contributed by atoms with Crippen molar-refractivity contribution < 1.29 is 4.79 Å². The molecular weight excluding hydrogens is 136 g/mol. The Labute approximate surface area is 68.5 Å². The summed E-state index contributed by atoms with van der Waals surface area (Å²) in [5.41, 5.74) is 0.297. The van der Waals surface area contributed by atoms with E-state index in [2.05, 4.69) is 13.5 Å². The van der Waals surface area contributed by atoms with E-state index >= 15 is 0 Å². The van der Waals surface area contributed by atoms with Crippen molar-refractivity contribution in [2.24, 2.45) is 5.41 Å². The highest BCUT2D eigenvalue weighted by Crippen LogP contribution is 2.40. The molecule has 62 valence electrons. The predicted octanol–water partition coefficient (Wildman–Crippen LogP) is 2.71. The van der Waals surface area contributed by atoms with Gasteiger partial charge in [-0.15, -0.1) is 0 Å². The van der Waals surface area contributed by atoms with Crippen LogP contribution in [0.25, 0.3) is 0 Å². The third kappa shape index (κ3) is 2.18. The maximum Gasteiger partial charge on any atom is 0.155 e. The lowest BCUT2D eigenvalue weighted by Crippen LogP contribution is -2.15. The van der Waals surface area contributed by atoms with Crippen molar-refractivity contribution >= 4 is 5.78 Å². The van der Waals surface area contributed by atoms with Gasteiger partial charge in [0.05, 0.1) is 0 Å². The van der Waals surface area contributed by atoms with E-state index < -0.39 is 0 Å². The number of carbonyl (C=O) groups is 1. The number of carbonyl (C=O) groups excluding carboxylic acids is 1. The fraction of sp³-hybridized carbons (Fsp3) is 0.700. The van der Waals surface area contributed by atoms with Crippen molar-refractivity contribution in [3.8, 4) is 0 Å². The van der Waals surface area contributed by atoms with E-state index in [9.17, 15) is 4.79 Å². The van der Waals surface area contributed by atoms with Crippen LogP contribution in [0.2, 0.25) is 0 Å². The molecule has 1 saturated carbocycles. The zero-order chi connectivity index (χ0) is 8.32. The van der Waals surface area contributed by atoms with Crippen molar-refractivity contribution in [2.75, 3.05) is 0 Å². The van der Waals surface area contributed by atoms with Gasteiger partial charge in [-0.25, -0.2) is 0 Å². The SMILES string of the molecule is C=CC(=O)CC1(C)CCCC1. The molecule has 0 saturated heterocycles. The molecule has 0 bridgehead atoms. The molecule has 0 unspecified atom stereocenters. The van der Waals surface area contributed by atoms with Crippen LogP contribution >= 0.6 is 0 Å². The Morgan fingerprint density at radius 1 is 1.55 bits per heavy atom. The largest absolute Gasteiger partial charge is 0.295 e. The van der Waals surface area contributed by atoms with Crippen LogP contribution in [0, 0.1) is 5.41 Å². The molecule has 0 aliphatic heterocycles. The molecule has 1 aliphatic carbocycles. The van der Waals surface area contributed by atoms with Crippen LogP contribution in [-0.4, -0.2) is 5.78 Å². The molecule has 0 aromatic heterocycles. The van der Waals surface area contributed by atoms with Crippen molar-refractivity contribution in [1.29, 1.82) is 0 Å². The van der Waals surface area contributed by atoms with Crippen LogP contribution in [0.4, 0.5) is 0 Å². The standard InChI is InChI=1S/C10H16O/c1-3-9(11)8-10(2)6-4-5-7-10/h3H,1,4-8H2,2H3. The van der Waals surface area contributed by atoms with Crippen LogP contribution in [0.5, 0.6) is 0 Å². The smallest absolute Gasteiger partial charge is 0.155 e. The molecule has 0 aromatic carbocycles. The van der Waals surface area contributed by atoms with Gasteiger partial charge in [0.1, 0.15) is 0 Å². The van der Waals surface area contributed by atoms with E-state index in [4.69, 9.17) is 0 Å². The summed E-state index contributed by atoms with van der Waals surface area (Å²) < 4.78 is 0. The molecule has 0 radical (unpaired) electrons. The minimum Gasteiger partial charge on any atom is -0.295 e. The summed E-state index contributed by atoms with van der Waals surface area (Å²) in [5, 5.41) is 0. The summed E-state index contributed by atoms with van der Waals surface area (Å²) in [7, 11) is 0. The molecular formula is C10H16O. The molecule has 0 atom stereocenters. The van der Waals surface area contributed by atoms with E-state index in [0.29, 0.717) is 11.8 Å². The van der Waals surface area contributed by atoms with Gasteiger partial charge in [0.2, 0.25) is 0 Å². The number of rotatable bonds is 3. The van der Waals surface area contributed by atoms with Crippen molar-refractivity contribution in [3.63, 3.8) is 0 Å². The first kappa shape index (κ1) is 8.51. The van der Waals surface area contributed by atoms with Gasteiger partial charge < -0.3 is 0 Å². The van der Waals surface area contributed by atoms with Crippen LogP contribution in [0.15, 0.2) is 12.7 Å². The summed E-state index contributed by atoms with van der Waals surface area (Å²) in [6.07, 6.45) is 7.17. The zero-order valence-electron chi connectivity index (χ0n) is 7.23. The lowest BCUT2D eigenvalue weighted by Gasteiger charge is -2.20. The molecule has 1 fully saturated rings. The van der Waals surface area contributed by atoms with Crippen LogP contribution < -0.4 is 0 Å². The van der Waals surface area contributed by atoms with Gasteiger partial charge in [0, 0.05) is 6.42 Å². The van der Waals surface area contributed by atoms with E-state index in [-0.39, 0.29) is 5.78 Å². The number of hydrogen-bond acceptors (Lipinski definition) is 1. The zero-order valence-corrected chi connectivity index (χ0v) is 7.23. The minimum atomic E-state index is 0.203. The van der Waals surface area contributed by atoms with E-state index in [1.165, 1.54) is 31.8 Å². The summed E-state index contributed by atoms with van der Waals surface area (Å²) in [6.45, 7) is 5.69. The highest BCUT2D eigenvalue weighted by molar-refractivity contribution is 5.89. The molecule has 1 nitrogen and oxygen atoms in total. The van der Waals surface area contributed by atoms with Gasteiger partial charge >= 0.3 is 0 Å². The Balaban J connectivity index is 2.45. The molecule has 1 aliphatic rings. The number of allylic oxidation sites excluding steroid dienone is 1. The number of ketones is 1. The van der Waals surface area contributed by atoms with Gasteiger partial charge in [-0.05, 0) is 24.3 Å². The molecule has 0 N–H and O–H groups in total. The lowest BCUT2D eigenvalue weighted by molar-refractivity contribution is -0.116. The van der Waals surface area contributed by atoms with E-state index in [1.54, 1.807) is 0 Å². The van der Waals surface area contributed by atoms with Crippen LogP contribution in [0.3, 0.4) is 0 Å². The summed E-state index contributed by atoms with van der Waals surface area (Å²) in [4.78, 5) is 11.1. The van der Waals surface area contributed by atoms with E-state index in [0.717, 1.165) is 0 Å². The third-order valence-electron chi connectivity index (χ3n) is 2.64. The fourth-order valence-electron chi connectivity index (χ4n) is 1.90. The van der Waals surface area contributed by atoms with Gasteiger partial charge in [0.25, 0.3) is 0 Å². The minimum absolute atomic E-state index is 0.203. The first-order valence-corrected chi connectivity index (χ1v) is 4.32. The third-order valence-corrected chi connectivity index (χ3v) is 2.64. The molecule has 1 rings (SSSR count). The summed E-state index contributed by atoms with van der Waals surface area (Å²) in [5.74, 6) is 0.203. The van der Waals surface area contributed by atoms with Crippen LogP contribution in [-0.2, 0) is 4.79 Å². The molecule has 1 heteroatoms. The molecule has 0 amide bonds. The first-order chi connectivity index (χ1) is 5.16. The maximum absolute atomic E-state index is 11.1. The Kier molecular flexibility index (Phi) is 2.48. The number of hydrogen-bond donors (Lipinski definition) is 0. The predicted molar refractivity (Wildman–Crippen MR) is 46.4 cm³/mol. The summed E-state index contributed by atoms with van der Waals surface area (Å²) >= 11 is 0.